The Labute approximate surface area is 166 Å². The molecule has 2 fully saturated rings. The van der Waals surface area contributed by atoms with E-state index in [1.54, 1.807) is 6.92 Å². The standard InChI is InChI=1S/C22H30N4O2/c1-17-24-21(28-25-17)19-10-8-18(9-11-19)20(27)23-16-22(12-4-2-5-13-22)26-14-6-3-7-15-26/h8-11H,2-7,12-16H2,1H3,(H,23,27). The second-order valence-corrected chi connectivity index (χ2v) is 8.24. The zero-order valence-electron chi connectivity index (χ0n) is 16.7. The summed E-state index contributed by atoms with van der Waals surface area (Å²) in [6.07, 6.45) is 10.2. The predicted molar refractivity (Wildman–Crippen MR) is 108 cm³/mol. The van der Waals surface area contributed by atoms with E-state index in [-0.39, 0.29) is 11.4 Å². The van der Waals surface area contributed by atoms with Gasteiger partial charge in [0.2, 0.25) is 0 Å². The lowest BCUT2D eigenvalue weighted by Crippen LogP contribution is -2.58. The molecule has 0 unspecified atom stereocenters. The van der Waals surface area contributed by atoms with E-state index in [9.17, 15) is 4.79 Å². The van der Waals surface area contributed by atoms with Crippen molar-refractivity contribution in [2.75, 3.05) is 19.6 Å². The first-order valence-corrected chi connectivity index (χ1v) is 10.6. The number of carbonyl (C=O) groups excluding carboxylic acids is 1. The first-order chi connectivity index (χ1) is 13.7. The highest BCUT2D eigenvalue weighted by Gasteiger charge is 2.38. The molecule has 1 amide bonds. The second-order valence-electron chi connectivity index (χ2n) is 8.24. The number of hydrogen-bond acceptors (Lipinski definition) is 5. The van der Waals surface area contributed by atoms with Crippen molar-refractivity contribution in [1.29, 1.82) is 0 Å². The molecule has 1 aliphatic heterocycles. The Kier molecular flexibility index (Phi) is 5.76. The third kappa shape index (κ3) is 4.12. The lowest BCUT2D eigenvalue weighted by Gasteiger charge is -2.48. The maximum Gasteiger partial charge on any atom is 0.257 e. The van der Waals surface area contributed by atoms with Crippen molar-refractivity contribution in [3.63, 3.8) is 0 Å². The molecule has 1 saturated carbocycles. The summed E-state index contributed by atoms with van der Waals surface area (Å²) in [6.45, 7) is 4.89. The number of amides is 1. The van der Waals surface area contributed by atoms with Gasteiger partial charge < -0.3 is 9.84 Å². The minimum Gasteiger partial charge on any atom is -0.350 e. The van der Waals surface area contributed by atoms with Crippen molar-refractivity contribution < 1.29 is 9.32 Å². The molecule has 150 valence electrons. The monoisotopic (exact) mass is 382 g/mol. The van der Waals surface area contributed by atoms with Gasteiger partial charge in [-0.15, -0.1) is 0 Å². The van der Waals surface area contributed by atoms with Gasteiger partial charge in [0, 0.05) is 23.2 Å². The van der Waals surface area contributed by atoms with Gasteiger partial charge in [-0.1, -0.05) is 30.8 Å². The fourth-order valence-corrected chi connectivity index (χ4v) is 4.71. The normalized spacial score (nSPS) is 20.0. The maximum absolute atomic E-state index is 12.8. The summed E-state index contributed by atoms with van der Waals surface area (Å²) in [4.78, 5) is 19.7. The van der Waals surface area contributed by atoms with Crippen LogP contribution < -0.4 is 5.32 Å². The summed E-state index contributed by atoms with van der Waals surface area (Å²) in [7, 11) is 0. The Morgan fingerprint density at radius 3 is 2.39 bits per heavy atom. The van der Waals surface area contributed by atoms with Gasteiger partial charge in [0.1, 0.15) is 0 Å². The number of hydrogen-bond donors (Lipinski definition) is 1. The Morgan fingerprint density at radius 2 is 1.75 bits per heavy atom. The number of carbonyl (C=O) groups is 1. The summed E-state index contributed by atoms with van der Waals surface area (Å²) in [5, 5.41) is 7.05. The Morgan fingerprint density at radius 1 is 1.07 bits per heavy atom. The molecule has 0 radical (unpaired) electrons. The molecular weight excluding hydrogens is 352 g/mol. The van der Waals surface area contributed by atoms with Crippen LogP contribution in [0, 0.1) is 6.92 Å². The molecular formula is C22H30N4O2. The maximum atomic E-state index is 12.8. The van der Waals surface area contributed by atoms with Crippen molar-refractivity contribution in [3.8, 4) is 11.5 Å². The predicted octanol–water partition coefficient (Wildman–Crippen LogP) is 3.96. The molecule has 1 aliphatic carbocycles. The number of rotatable bonds is 5. The summed E-state index contributed by atoms with van der Waals surface area (Å²) in [5.74, 6) is 1.08. The smallest absolute Gasteiger partial charge is 0.257 e. The number of piperidine rings is 1. The molecule has 0 atom stereocenters. The zero-order chi connectivity index (χ0) is 19.4. The Bertz CT molecular complexity index is 787. The van der Waals surface area contributed by atoms with Crippen LogP contribution in [0.1, 0.15) is 67.5 Å². The van der Waals surface area contributed by atoms with Gasteiger partial charge in [-0.3, -0.25) is 9.69 Å². The molecule has 1 aromatic carbocycles. The van der Waals surface area contributed by atoms with Crippen LogP contribution in [0.15, 0.2) is 28.8 Å². The quantitative estimate of drug-likeness (QED) is 0.847. The van der Waals surface area contributed by atoms with E-state index < -0.39 is 0 Å². The molecule has 4 rings (SSSR count). The molecule has 0 spiro atoms. The first-order valence-electron chi connectivity index (χ1n) is 10.6. The van der Waals surface area contributed by atoms with Gasteiger partial charge in [-0.25, -0.2) is 0 Å². The van der Waals surface area contributed by atoms with E-state index >= 15 is 0 Å². The van der Waals surface area contributed by atoms with Crippen molar-refractivity contribution in [3.05, 3.63) is 35.7 Å². The summed E-state index contributed by atoms with van der Waals surface area (Å²) >= 11 is 0. The molecule has 6 nitrogen and oxygen atoms in total. The minimum absolute atomic E-state index is 0.00443. The van der Waals surface area contributed by atoms with E-state index in [1.807, 2.05) is 24.3 Å². The van der Waals surface area contributed by atoms with E-state index in [4.69, 9.17) is 4.52 Å². The molecule has 2 aromatic rings. The SMILES string of the molecule is Cc1noc(-c2ccc(C(=O)NCC3(N4CCCCC4)CCCCC3)cc2)n1. The number of benzene rings is 1. The van der Waals surface area contributed by atoms with Crippen molar-refractivity contribution in [2.45, 2.75) is 63.8 Å². The lowest BCUT2D eigenvalue weighted by molar-refractivity contribution is 0.0326. The number of likely N-dealkylation sites (tertiary alicyclic amines) is 1. The third-order valence-electron chi connectivity index (χ3n) is 6.31. The summed E-state index contributed by atoms with van der Waals surface area (Å²) in [5.41, 5.74) is 1.65. The van der Waals surface area contributed by atoms with Crippen molar-refractivity contribution >= 4 is 5.91 Å². The fraction of sp³-hybridized carbons (Fsp3) is 0.591. The minimum atomic E-state index is -0.00443. The zero-order valence-corrected chi connectivity index (χ0v) is 16.7. The molecule has 2 aliphatic rings. The molecule has 2 heterocycles. The van der Waals surface area contributed by atoms with E-state index in [2.05, 4.69) is 20.4 Å². The molecule has 0 bridgehead atoms. The molecule has 1 saturated heterocycles. The molecule has 1 N–H and O–H groups in total. The molecule has 6 heteroatoms. The molecule has 1 aromatic heterocycles. The van der Waals surface area contributed by atoms with Crippen LogP contribution in [0.4, 0.5) is 0 Å². The van der Waals surface area contributed by atoms with Crippen LogP contribution in [-0.2, 0) is 0 Å². The largest absolute Gasteiger partial charge is 0.350 e. The Hall–Kier alpha value is -2.21. The van der Waals surface area contributed by atoms with Gasteiger partial charge in [0.25, 0.3) is 11.8 Å². The van der Waals surface area contributed by atoms with E-state index in [1.165, 1.54) is 64.5 Å². The number of nitrogens with one attached hydrogen (secondary N) is 1. The third-order valence-corrected chi connectivity index (χ3v) is 6.31. The van der Waals surface area contributed by atoms with Crippen LogP contribution >= 0.6 is 0 Å². The highest BCUT2D eigenvalue weighted by molar-refractivity contribution is 5.94. The van der Waals surface area contributed by atoms with E-state index in [0.717, 1.165) is 12.1 Å². The number of aromatic nitrogens is 2. The molecule has 28 heavy (non-hydrogen) atoms. The highest BCUT2D eigenvalue weighted by Crippen LogP contribution is 2.35. The van der Waals surface area contributed by atoms with Gasteiger partial charge in [-0.2, -0.15) is 4.98 Å². The van der Waals surface area contributed by atoms with Crippen LogP contribution in [0.25, 0.3) is 11.5 Å². The lowest BCUT2D eigenvalue weighted by atomic mass is 9.79. The summed E-state index contributed by atoms with van der Waals surface area (Å²) < 4.78 is 5.19. The van der Waals surface area contributed by atoms with Gasteiger partial charge >= 0.3 is 0 Å². The van der Waals surface area contributed by atoms with Crippen LogP contribution in [0.2, 0.25) is 0 Å². The number of nitrogens with zero attached hydrogens (tertiary/aromatic N) is 3. The topological polar surface area (TPSA) is 71.3 Å². The van der Waals surface area contributed by atoms with Crippen LogP contribution in [-0.4, -0.2) is 46.1 Å². The second kappa shape index (κ2) is 8.43. The van der Waals surface area contributed by atoms with Crippen molar-refractivity contribution in [2.24, 2.45) is 0 Å². The average molecular weight is 383 g/mol. The van der Waals surface area contributed by atoms with Crippen LogP contribution in [0.3, 0.4) is 0 Å². The van der Waals surface area contributed by atoms with Crippen LogP contribution in [0.5, 0.6) is 0 Å². The fourth-order valence-electron chi connectivity index (χ4n) is 4.71. The Balaban J connectivity index is 1.41. The first kappa shape index (κ1) is 19.1. The summed E-state index contributed by atoms with van der Waals surface area (Å²) in [6, 6.07) is 7.39. The highest BCUT2D eigenvalue weighted by atomic mass is 16.5. The van der Waals surface area contributed by atoms with E-state index in [0.29, 0.717) is 17.3 Å². The van der Waals surface area contributed by atoms with Gasteiger partial charge in [0.05, 0.1) is 0 Å². The van der Waals surface area contributed by atoms with Crippen molar-refractivity contribution in [1.82, 2.24) is 20.4 Å². The number of aryl methyl sites for hydroxylation is 1. The van der Waals surface area contributed by atoms with Gasteiger partial charge in [-0.05, 0) is 70.0 Å². The van der Waals surface area contributed by atoms with Gasteiger partial charge in [0.15, 0.2) is 5.82 Å². The average Bonchev–Trinajstić information content (AvgIpc) is 3.20.